The highest BCUT2D eigenvalue weighted by molar-refractivity contribution is 5.31. The van der Waals surface area contributed by atoms with Crippen molar-refractivity contribution in [1.82, 2.24) is 5.32 Å². The second-order valence-electron chi connectivity index (χ2n) is 6.22. The fraction of sp³-hybridized carbons (Fsp3) is 0.667. The summed E-state index contributed by atoms with van der Waals surface area (Å²) in [5.74, 6) is 2.48. The number of rotatable bonds is 6. The maximum Gasteiger partial charge on any atom is 0.119 e. The van der Waals surface area contributed by atoms with E-state index in [4.69, 9.17) is 4.74 Å². The lowest BCUT2D eigenvalue weighted by molar-refractivity contribution is 0.288. The van der Waals surface area contributed by atoms with Crippen LogP contribution in [0.1, 0.15) is 57.9 Å². The normalized spacial score (nSPS) is 23.0. The first kappa shape index (κ1) is 15.4. The third kappa shape index (κ3) is 4.24. The molecule has 0 saturated heterocycles. The van der Waals surface area contributed by atoms with E-state index in [-0.39, 0.29) is 0 Å². The molecule has 0 spiro atoms. The molecule has 2 unspecified atom stereocenters. The number of ether oxygens (including phenoxy) is 1. The van der Waals surface area contributed by atoms with Gasteiger partial charge in [-0.3, -0.25) is 0 Å². The minimum Gasteiger partial charge on any atom is -0.494 e. The summed E-state index contributed by atoms with van der Waals surface area (Å²) >= 11 is 0. The standard InChI is InChI=1S/C18H29NO/c1-4-20-17-10-7-9-15(12-17)18-11-6-5-8-16(18)13-19-14(2)3/h7,9-10,12,14,16,18-19H,4-6,8,11,13H2,1-3H3. The van der Waals surface area contributed by atoms with Crippen LogP contribution in [-0.2, 0) is 0 Å². The van der Waals surface area contributed by atoms with Gasteiger partial charge in [0.25, 0.3) is 0 Å². The average molecular weight is 275 g/mol. The Morgan fingerprint density at radius 2 is 2.05 bits per heavy atom. The smallest absolute Gasteiger partial charge is 0.119 e. The highest BCUT2D eigenvalue weighted by Gasteiger charge is 2.26. The van der Waals surface area contributed by atoms with Crippen LogP contribution in [0, 0.1) is 5.92 Å². The summed E-state index contributed by atoms with van der Waals surface area (Å²) in [5, 5.41) is 3.62. The molecule has 1 saturated carbocycles. The summed E-state index contributed by atoms with van der Waals surface area (Å²) in [4.78, 5) is 0. The van der Waals surface area contributed by atoms with E-state index in [2.05, 4.69) is 43.4 Å². The first-order valence-electron chi connectivity index (χ1n) is 8.16. The lowest BCUT2D eigenvalue weighted by Crippen LogP contribution is -2.33. The average Bonchev–Trinajstić information content (AvgIpc) is 2.46. The van der Waals surface area contributed by atoms with Gasteiger partial charge in [0.15, 0.2) is 0 Å². The zero-order chi connectivity index (χ0) is 14.4. The van der Waals surface area contributed by atoms with Crippen molar-refractivity contribution in [3.8, 4) is 5.75 Å². The van der Waals surface area contributed by atoms with Crippen LogP contribution in [0.5, 0.6) is 5.75 Å². The number of benzene rings is 1. The second kappa shape index (κ2) is 7.68. The van der Waals surface area contributed by atoms with Gasteiger partial charge in [0.05, 0.1) is 6.61 Å². The molecule has 112 valence electrons. The molecule has 1 aromatic rings. The Morgan fingerprint density at radius 1 is 1.25 bits per heavy atom. The lowest BCUT2D eigenvalue weighted by Gasteiger charge is -2.33. The third-order valence-electron chi connectivity index (χ3n) is 4.29. The Balaban J connectivity index is 2.08. The minimum absolute atomic E-state index is 0.576. The molecule has 0 aromatic heterocycles. The highest BCUT2D eigenvalue weighted by atomic mass is 16.5. The topological polar surface area (TPSA) is 21.3 Å². The molecule has 2 atom stereocenters. The van der Waals surface area contributed by atoms with Crippen LogP contribution in [0.25, 0.3) is 0 Å². The van der Waals surface area contributed by atoms with E-state index in [0.29, 0.717) is 12.0 Å². The Bertz CT molecular complexity index is 402. The Hall–Kier alpha value is -1.02. The van der Waals surface area contributed by atoms with Crippen molar-refractivity contribution >= 4 is 0 Å². The van der Waals surface area contributed by atoms with E-state index in [1.54, 1.807) is 0 Å². The van der Waals surface area contributed by atoms with Gasteiger partial charge < -0.3 is 10.1 Å². The maximum absolute atomic E-state index is 5.66. The largest absolute Gasteiger partial charge is 0.494 e. The quantitative estimate of drug-likeness (QED) is 0.833. The van der Waals surface area contributed by atoms with Gasteiger partial charge in [0.2, 0.25) is 0 Å². The van der Waals surface area contributed by atoms with Crippen molar-refractivity contribution in [2.75, 3.05) is 13.2 Å². The zero-order valence-electron chi connectivity index (χ0n) is 13.2. The zero-order valence-corrected chi connectivity index (χ0v) is 13.2. The Morgan fingerprint density at radius 3 is 2.80 bits per heavy atom. The van der Waals surface area contributed by atoms with Gasteiger partial charge in [-0.2, -0.15) is 0 Å². The number of hydrogen-bond donors (Lipinski definition) is 1. The molecule has 0 bridgehead atoms. The molecule has 1 aliphatic carbocycles. The molecule has 0 aliphatic heterocycles. The SMILES string of the molecule is CCOc1cccc(C2CCCCC2CNC(C)C)c1. The van der Waals surface area contributed by atoms with Gasteiger partial charge in [0.1, 0.15) is 5.75 Å². The molecule has 20 heavy (non-hydrogen) atoms. The molecule has 2 heteroatoms. The summed E-state index contributed by atoms with van der Waals surface area (Å²) in [6.45, 7) is 8.39. The van der Waals surface area contributed by atoms with Crippen LogP contribution < -0.4 is 10.1 Å². The lowest BCUT2D eigenvalue weighted by atomic mass is 9.75. The molecule has 0 radical (unpaired) electrons. The number of hydrogen-bond acceptors (Lipinski definition) is 2. The minimum atomic E-state index is 0.576. The monoisotopic (exact) mass is 275 g/mol. The molecule has 1 aliphatic rings. The molecule has 0 heterocycles. The van der Waals surface area contributed by atoms with Gasteiger partial charge in [0, 0.05) is 6.04 Å². The summed E-state index contributed by atoms with van der Waals surface area (Å²) in [6.07, 6.45) is 5.41. The summed E-state index contributed by atoms with van der Waals surface area (Å²) in [7, 11) is 0. The fourth-order valence-electron chi connectivity index (χ4n) is 3.28. The molecule has 2 nitrogen and oxygen atoms in total. The first-order chi connectivity index (χ1) is 9.70. The molecule has 0 amide bonds. The highest BCUT2D eigenvalue weighted by Crippen LogP contribution is 2.38. The van der Waals surface area contributed by atoms with Crippen molar-refractivity contribution < 1.29 is 4.74 Å². The van der Waals surface area contributed by atoms with Crippen molar-refractivity contribution in [2.24, 2.45) is 5.92 Å². The van der Waals surface area contributed by atoms with E-state index in [1.807, 2.05) is 6.92 Å². The molecular formula is C18H29NO. The van der Waals surface area contributed by atoms with E-state index in [1.165, 1.54) is 31.2 Å². The number of nitrogens with one attached hydrogen (secondary N) is 1. The molecule has 1 aromatic carbocycles. The maximum atomic E-state index is 5.66. The van der Waals surface area contributed by atoms with Crippen LogP contribution >= 0.6 is 0 Å². The van der Waals surface area contributed by atoms with Crippen molar-refractivity contribution in [3.63, 3.8) is 0 Å². The van der Waals surface area contributed by atoms with Crippen LogP contribution in [-0.4, -0.2) is 19.2 Å². The van der Waals surface area contributed by atoms with Gasteiger partial charge in [-0.25, -0.2) is 0 Å². The van der Waals surface area contributed by atoms with Gasteiger partial charge >= 0.3 is 0 Å². The predicted octanol–water partition coefficient (Wildman–Crippen LogP) is 4.36. The van der Waals surface area contributed by atoms with Crippen LogP contribution in [0.4, 0.5) is 0 Å². The van der Waals surface area contributed by atoms with Crippen molar-refractivity contribution in [1.29, 1.82) is 0 Å². The molecule has 1 N–H and O–H groups in total. The van der Waals surface area contributed by atoms with Crippen LogP contribution in [0.15, 0.2) is 24.3 Å². The van der Waals surface area contributed by atoms with Gasteiger partial charge in [-0.15, -0.1) is 0 Å². The Labute approximate surface area is 123 Å². The van der Waals surface area contributed by atoms with Crippen LogP contribution in [0.2, 0.25) is 0 Å². The fourth-order valence-corrected chi connectivity index (χ4v) is 3.28. The second-order valence-corrected chi connectivity index (χ2v) is 6.22. The predicted molar refractivity (Wildman–Crippen MR) is 85.4 cm³/mol. The van der Waals surface area contributed by atoms with Gasteiger partial charge in [-0.1, -0.05) is 38.8 Å². The summed E-state index contributed by atoms with van der Waals surface area (Å²) in [6, 6.07) is 9.31. The van der Waals surface area contributed by atoms with Gasteiger partial charge in [-0.05, 0) is 55.8 Å². The third-order valence-corrected chi connectivity index (χ3v) is 4.29. The van der Waals surface area contributed by atoms with Crippen molar-refractivity contribution in [3.05, 3.63) is 29.8 Å². The molecule has 2 rings (SSSR count). The van der Waals surface area contributed by atoms with E-state index < -0.39 is 0 Å². The summed E-state index contributed by atoms with van der Waals surface area (Å²) in [5.41, 5.74) is 1.46. The molecule has 1 fully saturated rings. The molecular weight excluding hydrogens is 246 g/mol. The summed E-state index contributed by atoms with van der Waals surface area (Å²) < 4.78 is 5.66. The first-order valence-corrected chi connectivity index (χ1v) is 8.16. The van der Waals surface area contributed by atoms with E-state index in [0.717, 1.165) is 24.8 Å². The van der Waals surface area contributed by atoms with Crippen LogP contribution in [0.3, 0.4) is 0 Å². The van der Waals surface area contributed by atoms with E-state index >= 15 is 0 Å². The Kier molecular flexibility index (Phi) is 5.90. The van der Waals surface area contributed by atoms with E-state index in [9.17, 15) is 0 Å². The van der Waals surface area contributed by atoms with Crippen molar-refractivity contribution in [2.45, 2.75) is 58.4 Å².